The predicted molar refractivity (Wildman–Crippen MR) is 101 cm³/mol. The van der Waals surface area contributed by atoms with E-state index in [1.165, 1.54) is 11.3 Å². The van der Waals surface area contributed by atoms with Gasteiger partial charge in [-0.05, 0) is 26.0 Å². The molecule has 3 aromatic heterocycles. The van der Waals surface area contributed by atoms with Crippen molar-refractivity contribution in [3.63, 3.8) is 0 Å². The first-order chi connectivity index (χ1) is 11.6. The van der Waals surface area contributed by atoms with Crippen molar-refractivity contribution < 1.29 is 4.79 Å². The number of aromatic amines is 1. The number of aryl methyl sites for hydroxylation is 2. The Labute approximate surface area is 147 Å². The van der Waals surface area contributed by atoms with Gasteiger partial charge in [0.1, 0.15) is 0 Å². The van der Waals surface area contributed by atoms with E-state index in [-0.39, 0.29) is 5.91 Å². The Kier molecular flexibility index (Phi) is 3.70. The molecule has 0 aliphatic rings. The molecule has 3 heterocycles. The van der Waals surface area contributed by atoms with Gasteiger partial charge in [0.2, 0.25) is 0 Å². The predicted octanol–water partition coefficient (Wildman–Crippen LogP) is 5.22. The van der Waals surface area contributed by atoms with Gasteiger partial charge in [0.05, 0.1) is 11.3 Å². The number of rotatable bonds is 3. The monoisotopic (exact) mass is 353 g/mol. The number of amides is 1. The van der Waals surface area contributed by atoms with Gasteiger partial charge in [0, 0.05) is 37.8 Å². The van der Waals surface area contributed by atoms with Crippen LogP contribution in [0.15, 0.2) is 41.9 Å². The fourth-order valence-corrected chi connectivity index (χ4v) is 4.39. The van der Waals surface area contributed by atoms with E-state index in [1.54, 1.807) is 11.3 Å². The number of thiophene rings is 1. The molecule has 24 heavy (non-hydrogen) atoms. The number of thiazole rings is 1. The van der Waals surface area contributed by atoms with Crippen molar-refractivity contribution >= 4 is 44.6 Å². The first kappa shape index (κ1) is 15.1. The van der Waals surface area contributed by atoms with Crippen LogP contribution in [0.4, 0.5) is 5.13 Å². The summed E-state index contributed by atoms with van der Waals surface area (Å²) >= 11 is 3.07. The van der Waals surface area contributed by atoms with Gasteiger partial charge < -0.3 is 4.98 Å². The maximum Gasteiger partial charge on any atom is 0.258 e. The molecule has 4 rings (SSSR count). The van der Waals surface area contributed by atoms with Gasteiger partial charge in [0.15, 0.2) is 5.13 Å². The van der Waals surface area contributed by atoms with Crippen molar-refractivity contribution in [2.45, 2.75) is 13.8 Å². The molecule has 0 saturated heterocycles. The lowest BCUT2D eigenvalue weighted by molar-refractivity contribution is 0.102. The third-order valence-corrected chi connectivity index (χ3v) is 5.60. The molecule has 0 bridgehead atoms. The molecule has 0 atom stereocenters. The van der Waals surface area contributed by atoms with Crippen molar-refractivity contribution in [3.8, 4) is 11.3 Å². The Hall–Kier alpha value is -2.44. The summed E-state index contributed by atoms with van der Waals surface area (Å²) in [5, 5.41) is 6.62. The number of nitrogens with zero attached hydrogens (tertiary/aromatic N) is 1. The van der Waals surface area contributed by atoms with Gasteiger partial charge in [-0.2, -0.15) is 0 Å². The third-order valence-electron chi connectivity index (χ3n) is 3.88. The summed E-state index contributed by atoms with van der Waals surface area (Å²) in [6.07, 6.45) is 1.96. The number of fused-ring (bicyclic) bond motifs is 1. The summed E-state index contributed by atoms with van der Waals surface area (Å²) in [6, 6.07) is 10.0. The highest BCUT2D eigenvalue weighted by atomic mass is 32.1. The zero-order valence-corrected chi connectivity index (χ0v) is 14.8. The molecule has 0 spiro atoms. The summed E-state index contributed by atoms with van der Waals surface area (Å²) in [5.74, 6) is -0.100. The third kappa shape index (κ3) is 2.64. The molecule has 4 nitrogen and oxygen atoms in total. The first-order valence-electron chi connectivity index (χ1n) is 7.52. The number of hydrogen-bond acceptors (Lipinski definition) is 4. The molecule has 0 aliphatic carbocycles. The van der Waals surface area contributed by atoms with Gasteiger partial charge in [-0.1, -0.05) is 18.2 Å². The van der Waals surface area contributed by atoms with Crippen LogP contribution in [0.25, 0.3) is 22.2 Å². The average molecular weight is 353 g/mol. The van der Waals surface area contributed by atoms with Crippen LogP contribution in [0.5, 0.6) is 0 Å². The summed E-state index contributed by atoms with van der Waals surface area (Å²) in [5.41, 5.74) is 3.72. The van der Waals surface area contributed by atoms with Crippen LogP contribution < -0.4 is 5.32 Å². The second kappa shape index (κ2) is 5.89. The SMILES string of the molecule is Cc1cc(C(=O)Nc2nc(-c3c[nH]c4ccccc34)cs2)c(C)s1. The average Bonchev–Trinajstić information content (AvgIpc) is 3.25. The van der Waals surface area contributed by atoms with Crippen molar-refractivity contribution in [1.82, 2.24) is 9.97 Å². The van der Waals surface area contributed by atoms with E-state index in [0.717, 1.165) is 37.5 Å². The number of carbonyl (C=O) groups is 1. The maximum absolute atomic E-state index is 12.4. The molecule has 0 unspecified atom stereocenters. The molecular weight excluding hydrogens is 338 g/mol. The molecule has 0 saturated carbocycles. The van der Waals surface area contributed by atoms with E-state index in [1.807, 2.05) is 49.7 Å². The largest absolute Gasteiger partial charge is 0.360 e. The number of carbonyl (C=O) groups excluding carboxylic acids is 1. The van der Waals surface area contributed by atoms with E-state index < -0.39 is 0 Å². The molecule has 4 aromatic rings. The second-order valence-electron chi connectivity index (χ2n) is 5.57. The Morgan fingerprint density at radius 1 is 1.25 bits per heavy atom. The standard InChI is InChI=1S/C18H15N3OS2/c1-10-7-13(11(2)24-10)17(22)21-18-20-16(9-23-18)14-8-19-15-6-4-3-5-12(14)15/h3-9,19H,1-2H3,(H,20,21,22). The minimum absolute atomic E-state index is 0.100. The smallest absolute Gasteiger partial charge is 0.258 e. The van der Waals surface area contributed by atoms with Gasteiger partial charge in [-0.15, -0.1) is 22.7 Å². The molecule has 0 radical (unpaired) electrons. The number of nitrogens with one attached hydrogen (secondary N) is 2. The van der Waals surface area contributed by atoms with Gasteiger partial charge >= 0.3 is 0 Å². The summed E-state index contributed by atoms with van der Waals surface area (Å²) in [6.45, 7) is 3.97. The van der Waals surface area contributed by atoms with Crippen LogP contribution in [0.1, 0.15) is 20.1 Å². The molecule has 2 N–H and O–H groups in total. The number of aromatic nitrogens is 2. The van der Waals surface area contributed by atoms with E-state index in [4.69, 9.17) is 0 Å². The van der Waals surface area contributed by atoms with Crippen LogP contribution in [0.3, 0.4) is 0 Å². The molecule has 1 aromatic carbocycles. The minimum atomic E-state index is -0.100. The molecule has 120 valence electrons. The topological polar surface area (TPSA) is 57.8 Å². The first-order valence-corrected chi connectivity index (χ1v) is 9.22. The van der Waals surface area contributed by atoms with Crippen molar-refractivity contribution in [2.75, 3.05) is 5.32 Å². The number of benzene rings is 1. The van der Waals surface area contributed by atoms with Gasteiger partial charge in [0.25, 0.3) is 5.91 Å². The molecule has 6 heteroatoms. The second-order valence-corrected chi connectivity index (χ2v) is 7.89. The van der Waals surface area contributed by atoms with Crippen molar-refractivity contribution in [1.29, 1.82) is 0 Å². The zero-order chi connectivity index (χ0) is 16.7. The summed E-state index contributed by atoms with van der Waals surface area (Å²) in [7, 11) is 0. The Bertz CT molecular complexity index is 1040. The van der Waals surface area contributed by atoms with Crippen LogP contribution >= 0.6 is 22.7 Å². The van der Waals surface area contributed by atoms with Crippen LogP contribution in [0.2, 0.25) is 0 Å². The van der Waals surface area contributed by atoms with Crippen LogP contribution in [-0.4, -0.2) is 15.9 Å². The van der Waals surface area contributed by atoms with Crippen LogP contribution in [-0.2, 0) is 0 Å². The number of para-hydroxylation sites is 1. The van der Waals surface area contributed by atoms with E-state index in [0.29, 0.717) is 5.13 Å². The zero-order valence-electron chi connectivity index (χ0n) is 13.2. The van der Waals surface area contributed by atoms with E-state index in [9.17, 15) is 4.79 Å². The lowest BCUT2D eigenvalue weighted by Gasteiger charge is -2.00. The van der Waals surface area contributed by atoms with Crippen molar-refractivity contribution in [3.05, 3.63) is 57.2 Å². The van der Waals surface area contributed by atoms with Crippen LogP contribution in [0, 0.1) is 13.8 Å². The van der Waals surface area contributed by atoms with Gasteiger partial charge in [-0.3, -0.25) is 10.1 Å². The Balaban J connectivity index is 1.61. The highest BCUT2D eigenvalue weighted by Gasteiger charge is 2.15. The fraction of sp³-hybridized carbons (Fsp3) is 0.111. The lowest BCUT2D eigenvalue weighted by atomic mass is 10.1. The Morgan fingerprint density at radius 3 is 2.88 bits per heavy atom. The molecule has 0 fully saturated rings. The maximum atomic E-state index is 12.4. The number of H-pyrrole nitrogens is 1. The normalized spacial score (nSPS) is 11.1. The van der Waals surface area contributed by atoms with Crippen molar-refractivity contribution in [2.24, 2.45) is 0 Å². The van der Waals surface area contributed by atoms with Gasteiger partial charge in [-0.25, -0.2) is 4.98 Å². The van der Waals surface area contributed by atoms with E-state index in [2.05, 4.69) is 21.4 Å². The molecular formula is C18H15N3OS2. The fourth-order valence-electron chi connectivity index (χ4n) is 2.76. The highest BCUT2D eigenvalue weighted by molar-refractivity contribution is 7.14. The summed E-state index contributed by atoms with van der Waals surface area (Å²) in [4.78, 5) is 22.4. The number of anilines is 1. The summed E-state index contributed by atoms with van der Waals surface area (Å²) < 4.78 is 0. The number of hydrogen-bond donors (Lipinski definition) is 2. The molecule has 1 amide bonds. The minimum Gasteiger partial charge on any atom is -0.360 e. The lowest BCUT2D eigenvalue weighted by Crippen LogP contribution is -2.11. The quantitative estimate of drug-likeness (QED) is 0.530. The Morgan fingerprint density at radius 2 is 2.08 bits per heavy atom. The van der Waals surface area contributed by atoms with E-state index >= 15 is 0 Å². The molecule has 0 aliphatic heterocycles. The highest BCUT2D eigenvalue weighted by Crippen LogP contribution is 2.31.